The van der Waals surface area contributed by atoms with Gasteiger partial charge in [-0.25, -0.2) is 8.78 Å². The number of halogens is 2. The molecule has 0 fully saturated rings. The van der Waals surface area contributed by atoms with Crippen LogP contribution in [0.4, 0.5) is 8.78 Å². The minimum absolute atomic E-state index is 0.180. The molecule has 0 radical (unpaired) electrons. The molecule has 0 aliphatic rings. The van der Waals surface area contributed by atoms with Crippen molar-refractivity contribution in [3.63, 3.8) is 0 Å². The van der Waals surface area contributed by atoms with Gasteiger partial charge in [0.15, 0.2) is 11.6 Å². The Hall–Kier alpha value is -1.00. The van der Waals surface area contributed by atoms with Gasteiger partial charge in [-0.15, -0.1) is 0 Å². The monoisotopic (exact) mass is 202 g/mol. The average Bonchev–Trinajstić information content (AvgIpc) is 2.12. The van der Waals surface area contributed by atoms with E-state index in [1.807, 2.05) is 0 Å². The first kappa shape index (κ1) is 11.1. The lowest BCUT2D eigenvalue weighted by Gasteiger charge is -2.09. The molecule has 1 unspecified atom stereocenters. The number of aliphatic hydroxyl groups is 1. The molecule has 1 atom stereocenters. The molecule has 0 amide bonds. The summed E-state index contributed by atoms with van der Waals surface area (Å²) in [5, 5.41) is 9.32. The van der Waals surface area contributed by atoms with Crippen molar-refractivity contribution in [3.8, 4) is 0 Å². The van der Waals surface area contributed by atoms with E-state index in [9.17, 15) is 13.9 Å². The lowest BCUT2D eigenvalue weighted by Crippen LogP contribution is -2.17. The van der Waals surface area contributed by atoms with Gasteiger partial charge >= 0.3 is 0 Å². The SMILES string of the molecule is COCC(O)Cc1ccc(F)c(F)c1. The maximum absolute atomic E-state index is 12.7. The van der Waals surface area contributed by atoms with Crippen LogP contribution in [0.25, 0.3) is 0 Å². The first-order valence-corrected chi connectivity index (χ1v) is 4.24. The van der Waals surface area contributed by atoms with Crippen LogP contribution in [0.3, 0.4) is 0 Å². The van der Waals surface area contributed by atoms with Crippen LogP contribution in [0.1, 0.15) is 5.56 Å². The number of hydrogen-bond acceptors (Lipinski definition) is 2. The number of ether oxygens (including phenoxy) is 1. The van der Waals surface area contributed by atoms with Gasteiger partial charge in [0.1, 0.15) is 0 Å². The van der Waals surface area contributed by atoms with Gasteiger partial charge in [0.25, 0.3) is 0 Å². The highest BCUT2D eigenvalue weighted by atomic mass is 19.2. The van der Waals surface area contributed by atoms with E-state index in [0.29, 0.717) is 5.56 Å². The largest absolute Gasteiger partial charge is 0.390 e. The predicted octanol–water partition coefficient (Wildman–Crippen LogP) is 1.51. The maximum atomic E-state index is 12.7. The molecule has 14 heavy (non-hydrogen) atoms. The number of hydrogen-bond donors (Lipinski definition) is 1. The fourth-order valence-corrected chi connectivity index (χ4v) is 1.19. The second kappa shape index (κ2) is 5.02. The van der Waals surface area contributed by atoms with Crippen LogP contribution in [-0.4, -0.2) is 24.9 Å². The molecule has 2 nitrogen and oxygen atoms in total. The maximum Gasteiger partial charge on any atom is 0.159 e. The van der Waals surface area contributed by atoms with Crippen molar-refractivity contribution in [1.29, 1.82) is 0 Å². The summed E-state index contributed by atoms with van der Waals surface area (Å²) in [4.78, 5) is 0. The van der Waals surface area contributed by atoms with Crippen molar-refractivity contribution in [2.24, 2.45) is 0 Å². The average molecular weight is 202 g/mol. The third kappa shape index (κ3) is 3.05. The Morgan fingerprint density at radius 2 is 2.07 bits per heavy atom. The summed E-state index contributed by atoms with van der Waals surface area (Å²) in [5.41, 5.74) is 0.549. The highest BCUT2D eigenvalue weighted by Gasteiger charge is 2.07. The normalized spacial score (nSPS) is 12.9. The number of rotatable bonds is 4. The third-order valence-corrected chi connectivity index (χ3v) is 1.81. The van der Waals surface area contributed by atoms with E-state index < -0.39 is 17.7 Å². The minimum Gasteiger partial charge on any atom is -0.390 e. The fourth-order valence-electron chi connectivity index (χ4n) is 1.19. The summed E-state index contributed by atoms with van der Waals surface area (Å²) >= 11 is 0. The van der Waals surface area contributed by atoms with E-state index in [-0.39, 0.29) is 13.0 Å². The molecule has 0 aromatic heterocycles. The molecule has 0 aliphatic carbocycles. The molecule has 78 valence electrons. The predicted molar refractivity (Wildman–Crippen MR) is 47.9 cm³/mol. The summed E-state index contributed by atoms with van der Waals surface area (Å²) in [7, 11) is 1.47. The quantitative estimate of drug-likeness (QED) is 0.802. The van der Waals surface area contributed by atoms with Crippen molar-refractivity contribution >= 4 is 0 Å². The molecular weight excluding hydrogens is 190 g/mol. The molecule has 0 aliphatic heterocycles. The fraction of sp³-hybridized carbons (Fsp3) is 0.400. The third-order valence-electron chi connectivity index (χ3n) is 1.81. The Bertz CT molecular complexity index is 302. The number of methoxy groups -OCH3 is 1. The summed E-state index contributed by atoms with van der Waals surface area (Å²) in [6, 6.07) is 3.57. The van der Waals surface area contributed by atoms with Gasteiger partial charge < -0.3 is 9.84 Å². The van der Waals surface area contributed by atoms with Gasteiger partial charge in [0.2, 0.25) is 0 Å². The molecule has 0 saturated heterocycles. The standard InChI is InChI=1S/C10H12F2O2/c1-14-6-8(13)4-7-2-3-9(11)10(12)5-7/h2-3,5,8,13H,4,6H2,1H3. The Kier molecular flexibility index (Phi) is 3.98. The van der Waals surface area contributed by atoms with Crippen LogP contribution in [0.15, 0.2) is 18.2 Å². The Morgan fingerprint density at radius 1 is 1.36 bits per heavy atom. The first-order chi connectivity index (χ1) is 6.63. The smallest absolute Gasteiger partial charge is 0.159 e. The van der Waals surface area contributed by atoms with Crippen molar-refractivity contribution < 1.29 is 18.6 Å². The molecule has 0 bridgehead atoms. The molecule has 1 rings (SSSR count). The molecule has 0 spiro atoms. The van der Waals surface area contributed by atoms with Gasteiger partial charge in [0, 0.05) is 13.5 Å². The van der Waals surface area contributed by atoms with Crippen molar-refractivity contribution in [1.82, 2.24) is 0 Å². The zero-order valence-electron chi connectivity index (χ0n) is 7.84. The van der Waals surface area contributed by atoms with E-state index in [1.165, 1.54) is 13.2 Å². The van der Waals surface area contributed by atoms with Crippen LogP contribution in [0.2, 0.25) is 0 Å². The van der Waals surface area contributed by atoms with Crippen molar-refractivity contribution in [2.45, 2.75) is 12.5 Å². The van der Waals surface area contributed by atoms with Crippen LogP contribution < -0.4 is 0 Å². The number of aliphatic hydroxyl groups excluding tert-OH is 1. The van der Waals surface area contributed by atoms with Crippen molar-refractivity contribution in [2.75, 3.05) is 13.7 Å². The lowest BCUT2D eigenvalue weighted by molar-refractivity contribution is 0.0650. The van der Waals surface area contributed by atoms with E-state index in [2.05, 4.69) is 0 Å². The first-order valence-electron chi connectivity index (χ1n) is 4.24. The van der Waals surface area contributed by atoms with Gasteiger partial charge in [-0.3, -0.25) is 0 Å². The molecule has 1 aromatic rings. The second-order valence-electron chi connectivity index (χ2n) is 3.06. The Labute approximate surface area is 81.1 Å². The van der Waals surface area contributed by atoms with E-state index in [1.54, 1.807) is 0 Å². The van der Waals surface area contributed by atoms with Gasteiger partial charge in [0.05, 0.1) is 12.7 Å². The number of benzene rings is 1. The highest BCUT2D eigenvalue weighted by Crippen LogP contribution is 2.10. The van der Waals surface area contributed by atoms with E-state index in [4.69, 9.17) is 4.74 Å². The second-order valence-corrected chi connectivity index (χ2v) is 3.06. The molecule has 4 heteroatoms. The van der Waals surface area contributed by atoms with Crippen LogP contribution >= 0.6 is 0 Å². The summed E-state index contributed by atoms with van der Waals surface area (Å²) in [5.74, 6) is -1.78. The topological polar surface area (TPSA) is 29.5 Å². The summed E-state index contributed by atoms with van der Waals surface area (Å²) in [6.45, 7) is 0.180. The molecular formula is C10H12F2O2. The van der Waals surface area contributed by atoms with Crippen LogP contribution in [0.5, 0.6) is 0 Å². The summed E-state index contributed by atoms with van der Waals surface area (Å²) < 4.78 is 30.0. The zero-order valence-corrected chi connectivity index (χ0v) is 7.84. The Morgan fingerprint density at radius 3 is 2.64 bits per heavy atom. The minimum atomic E-state index is -0.896. The zero-order chi connectivity index (χ0) is 10.6. The van der Waals surface area contributed by atoms with Gasteiger partial charge in [-0.2, -0.15) is 0 Å². The van der Waals surface area contributed by atoms with Crippen LogP contribution in [-0.2, 0) is 11.2 Å². The van der Waals surface area contributed by atoms with Gasteiger partial charge in [-0.05, 0) is 17.7 Å². The molecule has 1 N–H and O–H groups in total. The van der Waals surface area contributed by atoms with Crippen molar-refractivity contribution in [3.05, 3.63) is 35.4 Å². The molecule has 0 heterocycles. The van der Waals surface area contributed by atoms with E-state index in [0.717, 1.165) is 12.1 Å². The Balaban J connectivity index is 2.63. The van der Waals surface area contributed by atoms with Crippen LogP contribution in [0, 0.1) is 11.6 Å². The highest BCUT2D eigenvalue weighted by molar-refractivity contribution is 5.18. The van der Waals surface area contributed by atoms with E-state index >= 15 is 0 Å². The molecule has 1 aromatic carbocycles. The molecule has 0 saturated carbocycles. The summed E-state index contributed by atoms with van der Waals surface area (Å²) in [6.07, 6.45) is -0.435. The lowest BCUT2D eigenvalue weighted by atomic mass is 10.1. The van der Waals surface area contributed by atoms with Gasteiger partial charge in [-0.1, -0.05) is 6.07 Å².